The van der Waals surface area contributed by atoms with E-state index in [2.05, 4.69) is 53.7 Å². The van der Waals surface area contributed by atoms with Crippen molar-refractivity contribution in [1.82, 2.24) is 10.3 Å². The second kappa shape index (κ2) is 8.15. The van der Waals surface area contributed by atoms with Crippen molar-refractivity contribution in [3.63, 3.8) is 0 Å². The van der Waals surface area contributed by atoms with Gasteiger partial charge in [-0.2, -0.15) is 23.5 Å². The number of aromatic nitrogens is 1. The Hall–Kier alpha value is -0.390. The third-order valence-corrected chi connectivity index (χ3v) is 6.70. The number of hydrogen-bond acceptors (Lipinski definition) is 5. The molecule has 0 bridgehead atoms. The van der Waals surface area contributed by atoms with Crippen LogP contribution in [0, 0.1) is 0 Å². The summed E-state index contributed by atoms with van der Waals surface area (Å²) < 4.78 is 5.32. The van der Waals surface area contributed by atoms with Gasteiger partial charge >= 0.3 is 0 Å². The standard InChI is InChI=1S/C15H24N2OS2/c1-4-5-17-14(15-11(2)19-6-7-20-15)12-8-13(18-3)10-16-9-12/h8-11,14-15,17H,4-7H2,1-3H3. The first-order chi connectivity index (χ1) is 9.76. The Morgan fingerprint density at radius 1 is 1.40 bits per heavy atom. The number of nitrogens with one attached hydrogen (secondary N) is 1. The third kappa shape index (κ3) is 4.06. The summed E-state index contributed by atoms with van der Waals surface area (Å²) >= 11 is 4.17. The molecule has 2 heterocycles. The second-order valence-corrected chi connectivity index (χ2v) is 7.77. The first-order valence-corrected chi connectivity index (χ1v) is 9.31. The normalized spacial score (nSPS) is 24.4. The van der Waals surface area contributed by atoms with Gasteiger partial charge in [0, 0.05) is 34.2 Å². The summed E-state index contributed by atoms with van der Waals surface area (Å²) in [6, 6.07) is 2.47. The molecule has 1 saturated heterocycles. The van der Waals surface area contributed by atoms with Gasteiger partial charge in [-0.25, -0.2) is 0 Å². The highest BCUT2D eigenvalue weighted by molar-refractivity contribution is 8.07. The molecule has 1 aliphatic heterocycles. The van der Waals surface area contributed by atoms with Crippen molar-refractivity contribution < 1.29 is 4.74 Å². The molecule has 0 spiro atoms. The van der Waals surface area contributed by atoms with E-state index in [9.17, 15) is 0 Å². The number of nitrogens with zero attached hydrogens (tertiary/aromatic N) is 1. The molecule has 1 N–H and O–H groups in total. The van der Waals surface area contributed by atoms with Gasteiger partial charge in [0.2, 0.25) is 0 Å². The lowest BCUT2D eigenvalue weighted by Gasteiger charge is -2.35. The fraction of sp³-hybridized carbons (Fsp3) is 0.667. The smallest absolute Gasteiger partial charge is 0.137 e. The molecule has 1 fully saturated rings. The average Bonchev–Trinajstić information content (AvgIpc) is 2.49. The molecule has 2 rings (SSSR count). The van der Waals surface area contributed by atoms with Crippen molar-refractivity contribution in [3.8, 4) is 5.75 Å². The van der Waals surface area contributed by atoms with Crippen LogP contribution in [0.5, 0.6) is 5.75 Å². The van der Waals surface area contributed by atoms with Crippen molar-refractivity contribution in [2.24, 2.45) is 0 Å². The van der Waals surface area contributed by atoms with Gasteiger partial charge in [-0.15, -0.1) is 0 Å². The maximum atomic E-state index is 5.32. The minimum absolute atomic E-state index is 0.352. The first kappa shape index (κ1) is 16.0. The lowest BCUT2D eigenvalue weighted by Crippen LogP contribution is -2.38. The Balaban J connectivity index is 2.20. The molecule has 0 amide bonds. The minimum Gasteiger partial charge on any atom is -0.495 e. The number of pyridine rings is 1. The Labute approximate surface area is 130 Å². The lowest BCUT2D eigenvalue weighted by atomic mass is 10.0. The molecule has 112 valence electrons. The summed E-state index contributed by atoms with van der Waals surface area (Å²) in [6.45, 7) is 5.59. The van der Waals surface area contributed by atoms with Crippen LogP contribution in [0.1, 0.15) is 31.9 Å². The summed E-state index contributed by atoms with van der Waals surface area (Å²) in [5.74, 6) is 3.34. The summed E-state index contributed by atoms with van der Waals surface area (Å²) in [7, 11) is 1.70. The Morgan fingerprint density at radius 3 is 2.90 bits per heavy atom. The van der Waals surface area contributed by atoms with E-state index in [-0.39, 0.29) is 0 Å². The Bertz CT molecular complexity index is 417. The summed E-state index contributed by atoms with van der Waals surface area (Å²) in [4.78, 5) is 4.32. The maximum absolute atomic E-state index is 5.32. The van der Waals surface area contributed by atoms with Gasteiger partial charge < -0.3 is 10.1 Å². The molecule has 3 unspecified atom stereocenters. The zero-order chi connectivity index (χ0) is 14.4. The van der Waals surface area contributed by atoms with Gasteiger partial charge in [-0.3, -0.25) is 4.98 Å². The highest BCUT2D eigenvalue weighted by Crippen LogP contribution is 2.39. The van der Waals surface area contributed by atoms with Crippen LogP contribution in [-0.4, -0.2) is 40.6 Å². The highest BCUT2D eigenvalue weighted by Gasteiger charge is 2.31. The molecule has 3 nitrogen and oxygen atoms in total. The van der Waals surface area contributed by atoms with E-state index in [1.54, 1.807) is 13.3 Å². The predicted octanol–water partition coefficient (Wildman–Crippen LogP) is 3.37. The monoisotopic (exact) mass is 312 g/mol. The maximum Gasteiger partial charge on any atom is 0.137 e. The number of thioether (sulfide) groups is 2. The van der Waals surface area contributed by atoms with E-state index in [0.29, 0.717) is 16.5 Å². The van der Waals surface area contributed by atoms with Crippen LogP contribution in [0.25, 0.3) is 0 Å². The van der Waals surface area contributed by atoms with Gasteiger partial charge in [-0.05, 0) is 24.6 Å². The lowest BCUT2D eigenvalue weighted by molar-refractivity contribution is 0.410. The molecule has 0 aliphatic carbocycles. The highest BCUT2D eigenvalue weighted by atomic mass is 32.2. The van der Waals surface area contributed by atoms with E-state index >= 15 is 0 Å². The molecule has 1 aromatic heterocycles. The van der Waals surface area contributed by atoms with Crippen LogP contribution in [0.3, 0.4) is 0 Å². The van der Waals surface area contributed by atoms with Gasteiger partial charge in [0.15, 0.2) is 0 Å². The van der Waals surface area contributed by atoms with Crippen molar-refractivity contribution in [3.05, 3.63) is 24.0 Å². The van der Waals surface area contributed by atoms with Gasteiger partial charge in [0.25, 0.3) is 0 Å². The molecular formula is C15H24N2OS2. The average molecular weight is 313 g/mol. The molecule has 20 heavy (non-hydrogen) atoms. The summed E-state index contributed by atoms with van der Waals surface area (Å²) in [5, 5.41) is 4.96. The molecule has 0 aromatic carbocycles. The minimum atomic E-state index is 0.352. The first-order valence-electron chi connectivity index (χ1n) is 7.21. The fourth-order valence-electron chi connectivity index (χ4n) is 2.46. The second-order valence-electron chi connectivity index (χ2n) is 5.00. The molecule has 0 saturated carbocycles. The van der Waals surface area contributed by atoms with E-state index in [1.165, 1.54) is 17.1 Å². The molecule has 5 heteroatoms. The van der Waals surface area contributed by atoms with Crippen LogP contribution >= 0.6 is 23.5 Å². The number of ether oxygens (including phenoxy) is 1. The van der Waals surface area contributed by atoms with Gasteiger partial charge in [0.05, 0.1) is 13.3 Å². The van der Waals surface area contributed by atoms with Gasteiger partial charge in [0.1, 0.15) is 5.75 Å². The number of rotatable bonds is 6. The molecular weight excluding hydrogens is 288 g/mol. The van der Waals surface area contributed by atoms with Crippen molar-refractivity contribution in [1.29, 1.82) is 0 Å². The Morgan fingerprint density at radius 2 is 2.20 bits per heavy atom. The third-order valence-electron chi connectivity index (χ3n) is 3.51. The van der Waals surface area contributed by atoms with E-state index in [4.69, 9.17) is 4.74 Å². The Kier molecular flexibility index (Phi) is 6.52. The zero-order valence-electron chi connectivity index (χ0n) is 12.5. The van der Waals surface area contributed by atoms with E-state index in [0.717, 1.165) is 18.7 Å². The fourth-order valence-corrected chi connectivity index (χ4v) is 5.41. The molecule has 1 aromatic rings. The summed E-state index contributed by atoms with van der Waals surface area (Å²) in [5.41, 5.74) is 1.24. The SMILES string of the molecule is CCCNC(c1cncc(OC)c1)C1SCCSC1C. The molecule has 0 radical (unpaired) electrons. The number of hydrogen-bond donors (Lipinski definition) is 1. The van der Waals surface area contributed by atoms with Crippen molar-refractivity contribution in [2.45, 2.75) is 36.8 Å². The zero-order valence-corrected chi connectivity index (χ0v) is 14.1. The van der Waals surface area contributed by atoms with Crippen LogP contribution in [0.15, 0.2) is 18.5 Å². The van der Waals surface area contributed by atoms with Crippen LogP contribution in [-0.2, 0) is 0 Å². The summed E-state index contributed by atoms with van der Waals surface area (Å²) in [6.07, 6.45) is 4.89. The van der Waals surface area contributed by atoms with Crippen LogP contribution < -0.4 is 10.1 Å². The quantitative estimate of drug-likeness (QED) is 0.871. The van der Waals surface area contributed by atoms with Crippen LogP contribution in [0.4, 0.5) is 0 Å². The van der Waals surface area contributed by atoms with Crippen molar-refractivity contribution >= 4 is 23.5 Å². The van der Waals surface area contributed by atoms with Gasteiger partial charge in [-0.1, -0.05) is 13.8 Å². The number of methoxy groups -OCH3 is 1. The molecule has 1 aliphatic rings. The molecule has 3 atom stereocenters. The van der Waals surface area contributed by atoms with Crippen LogP contribution in [0.2, 0.25) is 0 Å². The van der Waals surface area contributed by atoms with E-state index < -0.39 is 0 Å². The van der Waals surface area contributed by atoms with Crippen molar-refractivity contribution in [2.75, 3.05) is 25.2 Å². The predicted molar refractivity (Wildman–Crippen MR) is 90.0 cm³/mol. The topological polar surface area (TPSA) is 34.2 Å². The largest absolute Gasteiger partial charge is 0.495 e. The van der Waals surface area contributed by atoms with E-state index in [1.807, 2.05) is 6.20 Å².